The summed E-state index contributed by atoms with van der Waals surface area (Å²) in [6.07, 6.45) is 5.34. The molecule has 1 saturated heterocycles. The fraction of sp³-hybridized carbons (Fsp3) is 0.647. The van der Waals surface area contributed by atoms with Gasteiger partial charge in [0.25, 0.3) is 0 Å². The average molecular weight is 290 g/mol. The molecule has 0 radical (unpaired) electrons. The highest BCUT2D eigenvalue weighted by Gasteiger charge is 2.35. The van der Waals surface area contributed by atoms with Crippen LogP contribution < -0.4 is 15.4 Å². The van der Waals surface area contributed by atoms with Crippen LogP contribution in [0.15, 0.2) is 18.2 Å². The first-order valence-electron chi connectivity index (χ1n) is 8.03. The second-order valence-corrected chi connectivity index (χ2v) is 6.14. The van der Waals surface area contributed by atoms with E-state index in [0.29, 0.717) is 12.1 Å². The number of anilines is 1. The Bertz CT molecular complexity index is 488. The van der Waals surface area contributed by atoms with Crippen molar-refractivity contribution in [3.63, 3.8) is 0 Å². The van der Waals surface area contributed by atoms with E-state index >= 15 is 0 Å². The topological polar surface area (TPSA) is 47.7 Å². The van der Waals surface area contributed by atoms with Gasteiger partial charge in [0.15, 0.2) is 0 Å². The van der Waals surface area contributed by atoms with E-state index in [1.807, 2.05) is 13.0 Å². The highest BCUT2D eigenvalue weighted by atomic mass is 16.5. The zero-order chi connectivity index (χ0) is 14.8. The summed E-state index contributed by atoms with van der Waals surface area (Å²) >= 11 is 0. The molecule has 1 aliphatic carbocycles. The van der Waals surface area contributed by atoms with Crippen molar-refractivity contribution in [2.75, 3.05) is 25.2 Å². The van der Waals surface area contributed by atoms with Crippen LogP contribution in [0.5, 0.6) is 5.75 Å². The van der Waals surface area contributed by atoms with Gasteiger partial charge in [0.2, 0.25) is 0 Å². The van der Waals surface area contributed by atoms with Crippen LogP contribution in [0.1, 0.15) is 44.2 Å². The molecule has 116 valence electrons. The minimum atomic E-state index is -0.0407. The quantitative estimate of drug-likeness (QED) is 0.930. The summed E-state index contributed by atoms with van der Waals surface area (Å²) < 4.78 is 11.5. The van der Waals surface area contributed by atoms with Crippen LogP contribution in [-0.4, -0.2) is 32.4 Å². The molecule has 4 heteroatoms. The third-order valence-corrected chi connectivity index (χ3v) is 4.76. The Labute approximate surface area is 127 Å². The van der Waals surface area contributed by atoms with Crippen LogP contribution >= 0.6 is 0 Å². The van der Waals surface area contributed by atoms with E-state index in [4.69, 9.17) is 15.2 Å². The Hall–Kier alpha value is -1.26. The van der Waals surface area contributed by atoms with Gasteiger partial charge in [-0.05, 0) is 31.9 Å². The van der Waals surface area contributed by atoms with E-state index in [9.17, 15) is 0 Å². The molecule has 4 nitrogen and oxygen atoms in total. The fourth-order valence-electron chi connectivity index (χ4n) is 3.81. The van der Waals surface area contributed by atoms with Gasteiger partial charge in [-0.2, -0.15) is 0 Å². The standard InChI is InChI=1S/C17H26N2O2/c1-12(18)17-14(7-5-9-16(17)20-2)19-10-11-21-15-8-4-3-6-13(15)19/h5,7,9,12-13,15H,3-4,6,8,10-11,18H2,1-2H3/t12-,13?,15?/m1/s1. The van der Waals surface area contributed by atoms with Crippen molar-refractivity contribution in [2.45, 2.75) is 50.8 Å². The molecule has 2 unspecified atom stereocenters. The summed E-state index contributed by atoms with van der Waals surface area (Å²) in [5.41, 5.74) is 8.57. The number of nitrogens with zero attached hydrogens (tertiary/aromatic N) is 1. The van der Waals surface area contributed by atoms with Crippen molar-refractivity contribution in [3.8, 4) is 5.75 Å². The van der Waals surface area contributed by atoms with Crippen LogP contribution in [0.2, 0.25) is 0 Å². The van der Waals surface area contributed by atoms with Crippen molar-refractivity contribution >= 4 is 5.69 Å². The smallest absolute Gasteiger partial charge is 0.125 e. The van der Waals surface area contributed by atoms with Gasteiger partial charge in [0.1, 0.15) is 5.75 Å². The SMILES string of the molecule is COc1cccc(N2CCOC3CCCCC32)c1[C@@H](C)N. The van der Waals surface area contributed by atoms with Gasteiger partial charge in [-0.15, -0.1) is 0 Å². The van der Waals surface area contributed by atoms with Crippen molar-refractivity contribution < 1.29 is 9.47 Å². The lowest BCUT2D eigenvalue weighted by atomic mass is 9.89. The van der Waals surface area contributed by atoms with E-state index in [2.05, 4.69) is 17.0 Å². The number of rotatable bonds is 3. The Morgan fingerprint density at radius 3 is 2.90 bits per heavy atom. The molecule has 3 rings (SSSR count). The molecule has 3 atom stereocenters. The summed E-state index contributed by atoms with van der Waals surface area (Å²) in [4.78, 5) is 2.51. The summed E-state index contributed by atoms with van der Waals surface area (Å²) in [6.45, 7) is 3.77. The van der Waals surface area contributed by atoms with E-state index in [1.165, 1.54) is 31.4 Å². The normalized spacial score (nSPS) is 27.1. The summed E-state index contributed by atoms with van der Waals surface area (Å²) in [6, 6.07) is 6.69. The molecule has 1 aromatic carbocycles. The fourth-order valence-corrected chi connectivity index (χ4v) is 3.81. The zero-order valence-electron chi connectivity index (χ0n) is 13.0. The van der Waals surface area contributed by atoms with Gasteiger partial charge < -0.3 is 20.1 Å². The number of benzene rings is 1. The average Bonchev–Trinajstić information content (AvgIpc) is 2.53. The molecule has 0 aromatic heterocycles. The molecule has 21 heavy (non-hydrogen) atoms. The Balaban J connectivity index is 1.98. The van der Waals surface area contributed by atoms with Crippen molar-refractivity contribution in [1.82, 2.24) is 0 Å². The lowest BCUT2D eigenvalue weighted by Gasteiger charge is -2.46. The van der Waals surface area contributed by atoms with Crippen molar-refractivity contribution in [2.24, 2.45) is 5.73 Å². The van der Waals surface area contributed by atoms with Gasteiger partial charge in [-0.1, -0.05) is 18.9 Å². The van der Waals surface area contributed by atoms with Crippen LogP contribution in [0.4, 0.5) is 5.69 Å². The molecule has 1 aromatic rings. The van der Waals surface area contributed by atoms with Crippen LogP contribution in [0.25, 0.3) is 0 Å². The minimum Gasteiger partial charge on any atom is -0.496 e. The van der Waals surface area contributed by atoms with Gasteiger partial charge in [-0.25, -0.2) is 0 Å². The maximum absolute atomic E-state index is 6.23. The van der Waals surface area contributed by atoms with E-state index in [1.54, 1.807) is 7.11 Å². The third-order valence-electron chi connectivity index (χ3n) is 4.76. The first-order chi connectivity index (χ1) is 10.2. The maximum atomic E-state index is 6.23. The molecule has 2 N–H and O–H groups in total. The second kappa shape index (κ2) is 6.24. The number of methoxy groups -OCH3 is 1. The lowest BCUT2D eigenvalue weighted by molar-refractivity contribution is -0.00877. The zero-order valence-corrected chi connectivity index (χ0v) is 13.0. The highest BCUT2D eigenvalue weighted by Crippen LogP contribution is 2.38. The second-order valence-electron chi connectivity index (χ2n) is 6.14. The lowest BCUT2D eigenvalue weighted by Crippen LogP contribution is -2.53. The molecular weight excluding hydrogens is 264 g/mol. The number of hydrogen-bond donors (Lipinski definition) is 1. The molecule has 1 aliphatic heterocycles. The Kier molecular flexibility index (Phi) is 4.36. The number of morpholine rings is 1. The first-order valence-corrected chi connectivity index (χ1v) is 8.03. The monoisotopic (exact) mass is 290 g/mol. The van der Waals surface area contributed by atoms with Crippen LogP contribution in [-0.2, 0) is 4.74 Å². The van der Waals surface area contributed by atoms with E-state index in [-0.39, 0.29) is 6.04 Å². The largest absolute Gasteiger partial charge is 0.496 e. The molecule has 2 fully saturated rings. The third kappa shape index (κ3) is 2.74. The van der Waals surface area contributed by atoms with Crippen molar-refractivity contribution in [3.05, 3.63) is 23.8 Å². The predicted octanol–water partition coefficient (Wildman–Crippen LogP) is 2.86. The first kappa shape index (κ1) is 14.7. The minimum absolute atomic E-state index is 0.0407. The Morgan fingerprint density at radius 1 is 1.33 bits per heavy atom. The predicted molar refractivity (Wildman–Crippen MR) is 84.9 cm³/mol. The number of hydrogen-bond acceptors (Lipinski definition) is 4. The Morgan fingerprint density at radius 2 is 2.14 bits per heavy atom. The maximum Gasteiger partial charge on any atom is 0.125 e. The molecule has 0 spiro atoms. The number of nitrogens with two attached hydrogens (primary N) is 1. The van der Waals surface area contributed by atoms with Gasteiger partial charge in [0.05, 0.1) is 25.9 Å². The number of ether oxygens (including phenoxy) is 2. The van der Waals surface area contributed by atoms with Gasteiger partial charge >= 0.3 is 0 Å². The van der Waals surface area contributed by atoms with Crippen molar-refractivity contribution in [1.29, 1.82) is 0 Å². The number of fused-ring (bicyclic) bond motifs is 1. The summed E-state index contributed by atoms with van der Waals surface area (Å²) in [5.74, 6) is 0.890. The molecule has 1 saturated carbocycles. The van der Waals surface area contributed by atoms with E-state index in [0.717, 1.165) is 24.5 Å². The summed E-state index contributed by atoms with van der Waals surface area (Å²) in [7, 11) is 1.72. The molecule has 1 heterocycles. The molecule has 2 aliphatic rings. The van der Waals surface area contributed by atoms with Crippen LogP contribution in [0.3, 0.4) is 0 Å². The van der Waals surface area contributed by atoms with Crippen LogP contribution in [0, 0.1) is 0 Å². The molecular formula is C17H26N2O2. The molecule has 0 bridgehead atoms. The van der Waals surface area contributed by atoms with Gasteiger partial charge in [0, 0.05) is 23.8 Å². The van der Waals surface area contributed by atoms with Gasteiger partial charge in [-0.3, -0.25) is 0 Å². The highest BCUT2D eigenvalue weighted by molar-refractivity contribution is 5.61. The molecule has 0 amide bonds. The van der Waals surface area contributed by atoms with E-state index < -0.39 is 0 Å². The summed E-state index contributed by atoms with van der Waals surface area (Å²) in [5, 5.41) is 0.